The lowest BCUT2D eigenvalue weighted by Gasteiger charge is -2.05. The zero-order chi connectivity index (χ0) is 15.4. The average molecular weight is 317 g/mol. The highest BCUT2D eigenvalue weighted by Crippen LogP contribution is 2.32. The van der Waals surface area contributed by atoms with Gasteiger partial charge in [-0.2, -0.15) is 0 Å². The van der Waals surface area contributed by atoms with Crippen LogP contribution in [0.4, 0.5) is 4.79 Å². The minimum atomic E-state index is -0.112. The molecule has 1 fully saturated rings. The van der Waals surface area contributed by atoms with Gasteiger partial charge in [0.25, 0.3) is 0 Å². The Morgan fingerprint density at radius 1 is 1.36 bits per heavy atom. The number of thiazole rings is 1. The summed E-state index contributed by atoms with van der Waals surface area (Å²) in [4.78, 5) is 17.1. The quantitative estimate of drug-likeness (QED) is 0.861. The Kier molecular flexibility index (Phi) is 4.58. The second-order valence-corrected chi connectivity index (χ2v) is 6.45. The van der Waals surface area contributed by atoms with Crippen molar-refractivity contribution in [3.8, 4) is 16.3 Å². The van der Waals surface area contributed by atoms with E-state index in [4.69, 9.17) is 4.74 Å². The highest BCUT2D eigenvalue weighted by Gasteiger charge is 2.21. The van der Waals surface area contributed by atoms with Gasteiger partial charge in [0.15, 0.2) is 0 Å². The summed E-state index contributed by atoms with van der Waals surface area (Å²) in [6.45, 7) is 1.27. The fraction of sp³-hybridized carbons (Fsp3) is 0.375. The lowest BCUT2D eigenvalue weighted by molar-refractivity contribution is 0.240. The van der Waals surface area contributed by atoms with Gasteiger partial charge in [0.1, 0.15) is 10.8 Å². The highest BCUT2D eigenvalue weighted by molar-refractivity contribution is 7.15. The normalized spacial score (nSPS) is 13.7. The molecule has 1 aliphatic carbocycles. The maximum absolute atomic E-state index is 11.7. The van der Waals surface area contributed by atoms with E-state index in [0.717, 1.165) is 27.7 Å². The van der Waals surface area contributed by atoms with Crippen molar-refractivity contribution in [1.29, 1.82) is 0 Å². The van der Waals surface area contributed by atoms with Gasteiger partial charge in [0, 0.05) is 17.6 Å². The van der Waals surface area contributed by atoms with Crippen LogP contribution in [0, 0.1) is 5.92 Å². The number of nitrogens with zero attached hydrogens (tertiary/aromatic N) is 1. The predicted molar refractivity (Wildman–Crippen MR) is 87.1 cm³/mol. The number of hydrogen-bond donors (Lipinski definition) is 2. The third kappa shape index (κ3) is 3.76. The molecule has 116 valence electrons. The molecule has 2 aromatic rings. The van der Waals surface area contributed by atoms with Crippen molar-refractivity contribution >= 4 is 17.4 Å². The van der Waals surface area contributed by atoms with E-state index < -0.39 is 0 Å². The maximum atomic E-state index is 11.7. The SMILES string of the molecule is COc1ccccc1-c1ncc(CNC(=O)NCC2CC2)s1. The number of methoxy groups -OCH3 is 1. The van der Waals surface area contributed by atoms with Gasteiger partial charge in [-0.25, -0.2) is 9.78 Å². The molecule has 1 aliphatic rings. The van der Waals surface area contributed by atoms with Crippen molar-refractivity contribution in [2.75, 3.05) is 13.7 Å². The zero-order valence-electron chi connectivity index (χ0n) is 12.5. The summed E-state index contributed by atoms with van der Waals surface area (Å²) in [5.74, 6) is 1.49. The van der Waals surface area contributed by atoms with E-state index in [2.05, 4.69) is 15.6 Å². The maximum Gasteiger partial charge on any atom is 0.315 e. The Balaban J connectivity index is 1.57. The smallest absolute Gasteiger partial charge is 0.315 e. The Morgan fingerprint density at radius 3 is 2.95 bits per heavy atom. The van der Waals surface area contributed by atoms with E-state index in [1.807, 2.05) is 24.3 Å². The lowest BCUT2D eigenvalue weighted by Crippen LogP contribution is -2.35. The molecule has 2 N–H and O–H groups in total. The summed E-state index contributed by atoms with van der Waals surface area (Å²) >= 11 is 1.56. The van der Waals surface area contributed by atoms with Crippen molar-refractivity contribution in [2.24, 2.45) is 5.92 Å². The molecule has 0 radical (unpaired) electrons. The molecule has 0 aliphatic heterocycles. The van der Waals surface area contributed by atoms with Gasteiger partial charge in [-0.15, -0.1) is 11.3 Å². The lowest BCUT2D eigenvalue weighted by atomic mass is 10.2. The number of para-hydroxylation sites is 1. The number of carbonyl (C=O) groups is 1. The molecule has 0 saturated heterocycles. The fourth-order valence-electron chi connectivity index (χ4n) is 2.12. The van der Waals surface area contributed by atoms with Gasteiger partial charge in [-0.1, -0.05) is 12.1 Å². The van der Waals surface area contributed by atoms with Crippen LogP contribution >= 0.6 is 11.3 Å². The van der Waals surface area contributed by atoms with Gasteiger partial charge in [0.2, 0.25) is 0 Å². The molecule has 22 heavy (non-hydrogen) atoms. The molecule has 0 unspecified atom stereocenters. The molecule has 0 atom stereocenters. The second kappa shape index (κ2) is 6.79. The molecule has 1 saturated carbocycles. The molecule has 0 bridgehead atoms. The molecule has 1 aromatic heterocycles. The van der Waals surface area contributed by atoms with Crippen LogP contribution in [-0.4, -0.2) is 24.7 Å². The van der Waals surface area contributed by atoms with Crippen molar-refractivity contribution in [2.45, 2.75) is 19.4 Å². The van der Waals surface area contributed by atoms with Gasteiger partial charge in [-0.3, -0.25) is 0 Å². The van der Waals surface area contributed by atoms with E-state index in [1.54, 1.807) is 24.6 Å². The third-order valence-corrected chi connectivity index (χ3v) is 4.59. The first-order valence-electron chi connectivity index (χ1n) is 7.36. The number of ether oxygens (including phenoxy) is 1. The third-order valence-electron chi connectivity index (χ3n) is 3.56. The van der Waals surface area contributed by atoms with Gasteiger partial charge >= 0.3 is 6.03 Å². The van der Waals surface area contributed by atoms with E-state index in [1.165, 1.54) is 12.8 Å². The van der Waals surface area contributed by atoms with Crippen molar-refractivity contribution in [3.63, 3.8) is 0 Å². The Labute approximate surface area is 133 Å². The van der Waals surface area contributed by atoms with Crippen LogP contribution in [0.25, 0.3) is 10.6 Å². The van der Waals surface area contributed by atoms with E-state index in [-0.39, 0.29) is 6.03 Å². The first kappa shape index (κ1) is 14.8. The Hall–Kier alpha value is -2.08. The van der Waals surface area contributed by atoms with Crippen LogP contribution in [0.5, 0.6) is 5.75 Å². The Morgan fingerprint density at radius 2 is 2.18 bits per heavy atom. The number of rotatable bonds is 6. The molecular formula is C16H19N3O2S. The number of aromatic nitrogens is 1. The number of urea groups is 1. The van der Waals surface area contributed by atoms with Crippen LogP contribution < -0.4 is 15.4 Å². The summed E-state index contributed by atoms with van der Waals surface area (Å²) in [5, 5.41) is 6.65. The molecular weight excluding hydrogens is 298 g/mol. The van der Waals surface area contributed by atoms with E-state index in [9.17, 15) is 4.79 Å². The number of carbonyl (C=O) groups excluding carboxylic acids is 1. The summed E-state index contributed by atoms with van der Waals surface area (Å²) in [6.07, 6.45) is 4.27. The van der Waals surface area contributed by atoms with Crippen molar-refractivity contribution in [3.05, 3.63) is 35.3 Å². The van der Waals surface area contributed by atoms with Crippen molar-refractivity contribution < 1.29 is 9.53 Å². The standard InChI is InChI=1S/C16H19N3O2S/c1-21-14-5-3-2-4-13(14)15-17-9-12(22-15)10-19-16(20)18-8-11-6-7-11/h2-5,9,11H,6-8,10H2,1H3,(H2,18,19,20). The summed E-state index contributed by atoms with van der Waals surface area (Å²) in [5.41, 5.74) is 0.972. The number of amides is 2. The minimum Gasteiger partial charge on any atom is -0.496 e. The second-order valence-electron chi connectivity index (χ2n) is 5.34. The summed E-state index contributed by atoms with van der Waals surface area (Å²) in [6, 6.07) is 7.68. The summed E-state index contributed by atoms with van der Waals surface area (Å²) < 4.78 is 5.35. The molecule has 1 heterocycles. The average Bonchev–Trinajstić information content (AvgIpc) is 3.27. The monoisotopic (exact) mass is 317 g/mol. The van der Waals surface area contributed by atoms with Crippen LogP contribution in [0.3, 0.4) is 0 Å². The van der Waals surface area contributed by atoms with Crippen LogP contribution in [0.1, 0.15) is 17.7 Å². The fourth-order valence-corrected chi connectivity index (χ4v) is 3.01. The van der Waals surface area contributed by atoms with E-state index >= 15 is 0 Å². The number of nitrogens with one attached hydrogen (secondary N) is 2. The Bertz CT molecular complexity index is 652. The molecule has 5 nitrogen and oxygen atoms in total. The largest absolute Gasteiger partial charge is 0.496 e. The number of hydrogen-bond acceptors (Lipinski definition) is 4. The van der Waals surface area contributed by atoms with Crippen molar-refractivity contribution in [1.82, 2.24) is 15.6 Å². The molecule has 1 aromatic carbocycles. The highest BCUT2D eigenvalue weighted by atomic mass is 32.1. The number of benzene rings is 1. The molecule has 2 amide bonds. The molecule has 3 rings (SSSR count). The van der Waals surface area contributed by atoms with Gasteiger partial charge in [-0.05, 0) is 30.9 Å². The topological polar surface area (TPSA) is 63.2 Å². The van der Waals surface area contributed by atoms with E-state index in [0.29, 0.717) is 12.5 Å². The zero-order valence-corrected chi connectivity index (χ0v) is 13.3. The van der Waals surface area contributed by atoms with Gasteiger partial charge in [0.05, 0.1) is 19.2 Å². The molecule has 6 heteroatoms. The minimum absolute atomic E-state index is 0.112. The first-order valence-corrected chi connectivity index (χ1v) is 8.17. The van der Waals surface area contributed by atoms with Crippen LogP contribution in [0.2, 0.25) is 0 Å². The molecule has 0 spiro atoms. The van der Waals surface area contributed by atoms with Gasteiger partial charge < -0.3 is 15.4 Å². The summed E-state index contributed by atoms with van der Waals surface area (Å²) in [7, 11) is 1.65. The first-order chi connectivity index (χ1) is 10.8. The van der Waals surface area contributed by atoms with Crippen LogP contribution in [-0.2, 0) is 6.54 Å². The predicted octanol–water partition coefficient (Wildman–Crippen LogP) is 3.03. The van der Waals surface area contributed by atoms with Crippen LogP contribution in [0.15, 0.2) is 30.5 Å².